The van der Waals surface area contributed by atoms with E-state index in [0.29, 0.717) is 29.8 Å². The van der Waals surface area contributed by atoms with Gasteiger partial charge in [0.05, 0.1) is 18.3 Å². The van der Waals surface area contributed by atoms with Crippen LogP contribution < -0.4 is 10.2 Å². The molecule has 2 aromatic rings. The molecular weight excluding hydrogens is 451 g/mol. The van der Waals surface area contributed by atoms with Gasteiger partial charge in [0, 0.05) is 42.3 Å². The van der Waals surface area contributed by atoms with Crippen molar-refractivity contribution >= 4 is 23.4 Å². The Kier molecular flexibility index (Phi) is 6.89. The van der Waals surface area contributed by atoms with Crippen molar-refractivity contribution in [2.75, 3.05) is 18.0 Å². The van der Waals surface area contributed by atoms with E-state index in [9.17, 15) is 23.1 Å². The summed E-state index contributed by atoms with van der Waals surface area (Å²) in [6, 6.07) is 0.978. The number of amides is 1. The quantitative estimate of drug-likeness (QED) is 0.656. The zero-order valence-electron chi connectivity index (χ0n) is 17.9. The number of halogens is 4. The Morgan fingerprint density at radius 3 is 2.72 bits per heavy atom. The molecule has 3 heterocycles. The molecule has 12 heteroatoms. The number of pyridine rings is 1. The fourth-order valence-corrected chi connectivity index (χ4v) is 3.59. The monoisotopic (exact) mass is 475 g/mol. The maximum atomic E-state index is 12.7. The van der Waals surface area contributed by atoms with E-state index in [1.807, 2.05) is 4.90 Å². The van der Waals surface area contributed by atoms with Gasteiger partial charge in [-0.1, -0.05) is 11.6 Å². The molecule has 0 unspecified atom stereocenters. The fraction of sp³-hybridized carbons (Fsp3) is 0.550. The molecule has 32 heavy (non-hydrogen) atoms. The summed E-state index contributed by atoms with van der Waals surface area (Å²) in [6.07, 6.45) is -1.39. The van der Waals surface area contributed by atoms with Crippen LogP contribution in [0.2, 0.25) is 5.15 Å². The number of aliphatic hydroxyl groups is 1. The number of alkyl carbamates (subject to hydrolysis) is 1. The summed E-state index contributed by atoms with van der Waals surface area (Å²) in [4.78, 5) is 18.1. The Bertz CT molecular complexity index is 961. The Morgan fingerprint density at radius 2 is 2.06 bits per heavy atom. The average molecular weight is 476 g/mol. The van der Waals surface area contributed by atoms with Crippen LogP contribution >= 0.6 is 11.6 Å². The smallest absolute Gasteiger partial charge is 0.408 e. The maximum Gasteiger partial charge on any atom is 0.408 e. The molecule has 1 aliphatic heterocycles. The van der Waals surface area contributed by atoms with Crippen LogP contribution in [-0.4, -0.2) is 63.0 Å². The van der Waals surface area contributed by atoms with Gasteiger partial charge in [0.15, 0.2) is 0 Å². The highest BCUT2D eigenvalue weighted by atomic mass is 35.5. The number of aliphatic hydroxyl groups excluding tert-OH is 1. The number of nitrogens with one attached hydrogen (secondary N) is 1. The molecule has 2 atom stereocenters. The van der Waals surface area contributed by atoms with E-state index in [2.05, 4.69) is 15.4 Å². The standard InChI is InChI=1S/C20H25ClF3N5O3/c1-19(2,3)32-18(31)27-14-10-28(5-4-16(14)30)15-6-17(21)25-8-13(15)12-7-26-29(9-12)11-20(22,23)24/h6-9,14,16,30H,4-5,10-11H2,1-3H3,(H,27,31)/t14-,16+/m1/s1. The van der Waals surface area contributed by atoms with Crippen LogP contribution in [0.3, 0.4) is 0 Å². The molecule has 1 amide bonds. The van der Waals surface area contributed by atoms with E-state index < -0.39 is 36.6 Å². The molecule has 0 saturated carbocycles. The van der Waals surface area contributed by atoms with Crippen molar-refractivity contribution in [1.82, 2.24) is 20.1 Å². The fourth-order valence-electron chi connectivity index (χ4n) is 3.44. The van der Waals surface area contributed by atoms with Gasteiger partial charge >= 0.3 is 12.3 Å². The number of alkyl halides is 3. The number of anilines is 1. The van der Waals surface area contributed by atoms with Crippen molar-refractivity contribution in [2.45, 2.75) is 57.7 Å². The van der Waals surface area contributed by atoms with Gasteiger partial charge in [0.2, 0.25) is 0 Å². The van der Waals surface area contributed by atoms with Crippen LogP contribution in [0.5, 0.6) is 0 Å². The number of aromatic nitrogens is 3. The van der Waals surface area contributed by atoms with E-state index in [1.165, 1.54) is 18.6 Å². The molecule has 0 aromatic carbocycles. The highest BCUT2D eigenvalue weighted by molar-refractivity contribution is 6.29. The molecule has 0 aliphatic carbocycles. The molecule has 2 N–H and O–H groups in total. The average Bonchev–Trinajstić information content (AvgIpc) is 3.08. The molecule has 0 bridgehead atoms. The van der Waals surface area contributed by atoms with Crippen LogP contribution in [-0.2, 0) is 11.3 Å². The molecule has 3 rings (SSSR count). The molecule has 0 radical (unpaired) electrons. The van der Waals surface area contributed by atoms with Gasteiger partial charge in [-0.15, -0.1) is 0 Å². The third-order valence-electron chi connectivity index (χ3n) is 4.75. The predicted octanol–water partition coefficient (Wildman–Crippen LogP) is 3.63. The summed E-state index contributed by atoms with van der Waals surface area (Å²) in [5.74, 6) is 0. The third kappa shape index (κ3) is 6.49. The largest absolute Gasteiger partial charge is 0.444 e. The van der Waals surface area contributed by atoms with Gasteiger partial charge in [-0.25, -0.2) is 9.78 Å². The number of ether oxygens (including phenoxy) is 1. The summed E-state index contributed by atoms with van der Waals surface area (Å²) < 4.78 is 44.2. The first-order valence-corrected chi connectivity index (χ1v) is 10.4. The normalized spacial score (nSPS) is 19.7. The van der Waals surface area contributed by atoms with E-state index in [4.69, 9.17) is 16.3 Å². The van der Waals surface area contributed by atoms with E-state index in [0.717, 1.165) is 4.68 Å². The number of hydrogen-bond donors (Lipinski definition) is 2. The van der Waals surface area contributed by atoms with Gasteiger partial charge in [0.25, 0.3) is 0 Å². The van der Waals surface area contributed by atoms with Gasteiger partial charge in [-0.3, -0.25) is 4.68 Å². The third-order valence-corrected chi connectivity index (χ3v) is 4.96. The van der Waals surface area contributed by atoms with Crippen LogP contribution in [0.1, 0.15) is 27.2 Å². The van der Waals surface area contributed by atoms with Crippen molar-refractivity contribution in [3.63, 3.8) is 0 Å². The summed E-state index contributed by atoms with van der Waals surface area (Å²) in [5, 5.41) is 17.1. The van der Waals surface area contributed by atoms with Crippen LogP contribution in [0.15, 0.2) is 24.7 Å². The summed E-state index contributed by atoms with van der Waals surface area (Å²) in [6.45, 7) is 4.68. The second-order valence-corrected chi connectivity index (χ2v) is 9.01. The number of rotatable bonds is 4. The van der Waals surface area contributed by atoms with Crippen LogP contribution in [0.25, 0.3) is 11.1 Å². The van der Waals surface area contributed by atoms with Gasteiger partial charge < -0.3 is 20.1 Å². The molecule has 176 valence electrons. The molecule has 1 fully saturated rings. The molecular formula is C20H25ClF3N5O3. The number of piperidine rings is 1. The van der Waals surface area contributed by atoms with Crippen molar-refractivity contribution in [3.05, 3.63) is 29.8 Å². The van der Waals surface area contributed by atoms with Crippen molar-refractivity contribution in [1.29, 1.82) is 0 Å². The van der Waals surface area contributed by atoms with Crippen molar-refractivity contribution < 1.29 is 27.8 Å². The second kappa shape index (κ2) is 9.14. The number of nitrogens with zero attached hydrogens (tertiary/aromatic N) is 4. The van der Waals surface area contributed by atoms with Crippen molar-refractivity contribution in [3.8, 4) is 11.1 Å². The second-order valence-electron chi connectivity index (χ2n) is 8.62. The maximum absolute atomic E-state index is 12.7. The molecule has 1 aliphatic rings. The highest BCUT2D eigenvalue weighted by Crippen LogP contribution is 2.34. The number of hydrogen-bond acceptors (Lipinski definition) is 6. The van der Waals surface area contributed by atoms with E-state index >= 15 is 0 Å². The summed E-state index contributed by atoms with van der Waals surface area (Å²) in [5.41, 5.74) is 0.900. The lowest BCUT2D eigenvalue weighted by molar-refractivity contribution is -0.142. The molecule has 0 spiro atoms. The van der Waals surface area contributed by atoms with E-state index in [-0.39, 0.29) is 11.7 Å². The zero-order chi connectivity index (χ0) is 23.7. The summed E-state index contributed by atoms with van der Waals surface area (Å²) in [7, 11) is 0. The lowest BCUT2D eigenvalue weighted by atomic mass is 10.00. The molecule has 1 saturated heterocycles. The highest BCUT2D eigenvalue weighted by Gasteiger charge is 2.32. The minimum Gasteiger partial charge on any atom is -0.444 e. The minimum absolute atomic E-state index is 0.203. The summed E-state index contributed by atoms with van der Waals surface area (Å²) >= 11 is 6.09. The van der Waals surface area contributed by atoms with E-state index in [1.54, 1.807) is 26.8 Å². The SMILES string of the molecule is CC(C)(C)OC(=O)N[C@@H]1CN(c2cc(Cl)ncc2-c2cnn(CC(F)(F)F)c2)CC[C@@H]1O. The first kappa shape index (κ1) is 24.1. The molecule has 2 aromatic heterocycles. The Labute approximate surface area is 188 Å². The zero-order valence-corrected chi connectivity index (χ0v) is 18.6. The lowest BCUT2D eigenvalue weighted by Crippen LogP contribution is -2.56. The topological polar surface area (TPSA) is 92.5 Å². The Morgan fingerprint density at radius 1 is 1.34 bits per heavy atom. The number of carbonyl (C=O) groups excluding carboxylic acids is 1. The van der Waals surface area contributed by atoms with Gasteiger partial charge in [0.1, 0.15) is 17.3 Å². The van der Waals surface area contributed by atoms with Crippen molar-refractivity contribution in [2.24, 2.45) is 0 Å². The first-order valence-electron chi connectivity index (χ1n) is 9.98. The van der Waals surface area contributed by atoms with Gasteiger partial charge in [-0.05, 0) is 33.3 Å². The lowest BCUT2D eigenvalue weighted by Gasteiger charge is -2.38. The minimum atomic E-state index is -4.39. The Balaban J connectivity index is 1.83. The first-order chi connectivity index (χ1) is 14.8. The number of carbonyl (C=O) groups is 1. The van der Waals surface area contributed by atoms with Crippen LogP contribution in [0.4, 0.5) is 23.7 Å². The van der Waals surface area contributed by atoms with Crippen LogP contribution in [0, 0.1) is 0 Å². The predicted molar refractivity (Wildman–Crippen MR) is 113 cm³/mol. The molecule has 8 nitrogen and oxygen atoms in total. The van der Waals surface area contributed by atoms with Gasteiger partial charge in [-0.2, -0.15) is 18.3 Å². The Hall–Kier alpha value is -2.53.